The van der Waals surface area contributed by atoms with Crippen LogP contribution < -0.4 is 8.25 Å². The van der Waals surface area contributed by atoms with Crippen molar-refractivity contribution in [1.82, 2.24) is 8.25 Å². The minimum atomic E-state index is -5.26. The van der Waals surface area contributed by atoms with Gasteiger partial charge < -0.3 is 0 Å². The molecule has 4 aromatic rings. The molecule has 0 saturated heterocycles. The van der Waals surface area contributed by atoms with Crippen LogP contribution in [0.3, 0.4) is 0 Å². The van der Waals surface area contributed by atoms with Gasteiger partial charge in [-0.2, -0.15) is 0 Å². The summed E-state index contributed by atoms with van der Waals surface area (Å²) in [5.74, 6) is -3.07. The van der Waals surface area contributed by atoms with Gasteiger partial charge in [-0.25, -0.2) is 50.9 Å². The highest BCUT2D eigenvalue weighted by Gasteiger charge is 2.32. The van der Waals surface area contributed by atoms with Gasteiger partial charge in [0, 0.05) is 0 Å². The molecule has 0 aliphatic heterocycles. The van der Waals surface area contributed by atoms with E-state index in [1.165, 1.54) is 44.7 Å². The summed E-state index contributed by atoms with van der Waals surface area (Å²) in [6.45, 7) is 0. The first-order chi connectivity index (χ1) is 19.9. The molecule has 4 aromatic carbocycles. The number of hydrogen-bond donors (Lipinski definition) is 2. The molecule has 228 valence electrons. The van der Waals surface area contributed by atoms with E-state index in [1.54, 1.807) is 0 Å². The first kappa shape index (κ1) is 32.3. The van der Waals surface area contributed by atoms with E-state index < -0.39 is 90.9 Å². The molecule has 0 radical (unpaired) electrons. The van der Waals surface area contributed by atoms with Gasteiger partial charge in [-0.15, -0.1) is 8.25 Å². The fourth-order valence-electron chi connectivity index (χ4n) is 3.52. The van der Waals surface area contributed by atoms with Crippen LogP contribution in [0, 0.1) is 11.6 Å². The third kappa shape index (κ3) is 6.82. The molecule has 0 bridgehead atoms. The Labute approximate surface area is 246 Å². The lowest BCUT2D eigenvalue weighted by atomic mass is 10.3. The Morgan fingerprint density at radius 1 is 0.395 bits per heavy atom. The number of halogens is 2. The molecular formula is C24H18F2N2O10S5. The van der Waals surface area contributed by atoms with Gasteiger partial charge >= 0.3 is 0 Å². The van der Waals surface area contributed by atoms with Crippen LogP contribution in [0.2, 0.25) is 0 Å². The van der Waals surface area contributed by atoms with Gasteiger partial charge in [-0.1, -0.05) is 36.4 Å². The van der Waals surface area contributed by atoms with Gasteiger partial charge in [0.15, 0.2) is 0 Å². The molecule has 0 aliphatic rings. The molecule has 43 heavy (non-hydrogen) atoms. The molecule has 2 N–H and O–H groups in total. The smallest absolute Gasteiger partial charge is 0.219 e. The maximum atomic E-state index is 14.6. The third-order valence-electron chi connectivity index (χ3n) is 5.55. The van der Waals surface area contributed by atoms with Crippen LogP contribution in [0.4, 0.5) is 8.78 Å². The number of nitrogens with one attached hydrogen (secondary N) is 2. The monoisotopic (exact) mass is 692 g/mol. The highest BCUT2D eigenvalue weighted by Crippen LogP contribution is 2.28. The van der Waals surface area contributed by atoms with Gasteiger partial charge in [0.25, 0.3) is 40.1 Å². The first-order valence-electron chi connectivity index (χ1n) is 11.4. The van der Waals surface area contributed by atoms with E-state index in [-0.39, 0.29) is 12.1 Å². The lowest BCUT2D eigenvalue weighted by Crippen LogP contribution is -2.31. The second kappa shape index (κ2) is 11.5. The molecule has 0 amide bonds. The maximum Gasteiger partial charge on any atom is 0.256 e. The van der Waals surface area contributed by atoms with E-state index in [9.17, 15) is 50.9 Å². The Balaban J connectivity index is 1.74. The van der Waals surface area contributed by atoms with Crippen molar-refractivity contribution < 1.29 is 50.9 Å². The van der Waals surface area contributed by atoms with E-state index >= 15 is 0 Å². The second-order valence-corrected chi connectivity index (χ2v) is 17.6. The summed E-state index contributed by atoms with van der Waals surface area (Å²) in [4.78, 5) is -5.67. The molecule has 0 aliphatic carbocycles. The Hall–Kier alpha value is -3.59. The Kier molecular flexibility index (Phi) is 8.64. The Morgan fingerprint density at radius 3 is 1.05 bits per heavy atom. The molecule has 0 aromatic heterocycles. The van der Waals surface area contributed by atoms with Crippen LogP contribution in [-0.4, -0.2) is 42.1 Å². The van der Waals surface area contributed by atoms with Gasteiger partial charge in [-0.05, 0) is 60.7 Å². The summed E-state index contributed by atoms with van der Waals surface area (Å²) >= 11 is 0. The van der Waals surface area contributed by atoms with Crippen molar-refractivity contribution in [2.75, 3.05) is 0 Å². The van der Waals surface area contributed by atoms with Crippen molar-refractivity contribution in [3.05, 3.63) is 109 Å². The fraction of sp³-hybridized carbons (Fsp3) is 0. The lowest BCUT2D eigenvalue weighted by molar-refractivity contribution is 0.555. The van der Waals surface area contributed by atoms with Crippen LogP contribution >= 0.6 is 0 Å². The predicted molar refractivity (Wildman–Crippen MR) is 146 cm³/mol. The Morgan fingerprint density at radius 2 is 0.721 bits per heavy atom. The highest BCUT2D eigenvalue weighted by atomic mass is 32.3. The highest BCUT2D eigenvalue weighted by molar-refractivity contribution is 8.05. The van der Waals surface area contributed by atoms with Gasteiger partial charge in [0.05, 0.1) is 19.6 Å². The third-order valence-corrected chi connectivity index (χ3v) is 14.4. The lowest BCUT2D eigenvalue weighted by Gasteiger charge is -2.12. The number of hydrogen-bond acceptors (Lipinski definition) is 10. The molecule has 19 heteroatoms. The van der Waals surface area contributed by atoms with E-state index in [2.05, 4.69) is 0 Å². The standard InChI is InChI=1S/C24H18F2N2O10S5/c25-21-13-11-19(15-23(21)42(35,36)27-40(31,32)17-7-3-1-4-8-17)39(29,30)20-12-14-22(26)24(16-20)43(37,38)28-41(33,34)18-9-5-2-6-10-18/h1-16,27-28H. The molecule has 0 spiro atoms. The van der Waals surface area contributed by atoms with E-state index in [4.69, 9.17) is 0 Å². The number of rotatable bonds is 10. The minimum absolute atomic E-state index is 0.281. The SMILES string of the molecule is O=S(=O)(NS(=O)(=O)c1cc(S(=O)(=O)c2ccc(F)c(S(=O)(=O)NS(=O)(=O)c3ccccc3)c2)ccc1F)c1ccccc1. The van der Waals surface area contributed by atoms with Crippen molar-refractivity contribution in [3.63, 3.8) is 0 Å². The normalized spacial score (nSPS) is 13.1. The van der Waals surface area contributed by atoms with Gasteiger partial charge in [0.1, 0.15) is 21.4 Å². The van der Waals surface area contributed by atoms with Crippen molar-refractivity contribution in [2.45, 2.75) is 29.4 Å². The van der Waals surface area contributed by atoms with E-state index in [0.29, 0.717) is 24.3 Å². The molecule has 0 saturated carbocycles. The molecule has 0 fully saturated rings. The number of sulfone groups is 1. The average Bonchev–Trinajstić information content (AvgIpc) is 2.93. The fourth-order valence-corrected chi connectivity index (χ4v) is 11.0. The van der Waals surface area contributed by atoms with E-state index in [0.717, 1.165) is 24.3 Å². The summed E-state index contributed by atoms with van der Waals surface area (Å²) in [6, 6.07) is 14.8. The zero-order valence-corrected chi connectivity index (χ0v) is 25.2. The predicted octanol–water partition coefficient (Wildman–Crippen LogP) is 2.13. The second-order valence-electron chi connectivity index (χ2n) is 8.49. The summed E-state index contributed by atoms with van der Waals surface area (Å²) < 4.78 is 160. The minimum Gasteiger partial charge on any atom is -0.219 e. The van der Waals surface area contributed by atoms with Crippen molar-refractivity contribution >= 4 is 49.9 Å². The quantitative estimate of drug-likeness (QED) is 0.233. The summed E-state index contributed by atoms with van der Waals surface area (Å²) in [6.07, 6.45) is 0. The molecule has 12 nitrogen and oxygen atoms in total. The molecule has 0 unspecified atom stereocenters. The van der Waals surface area contributed by atoms with Crippen molar-refractivity contribution in [3.8, 4) is 0 Å². The summed E-state index contributed by atoms with van der Waals surface area (Å²) in [5.41, 5.74) is 0. The molecule has 0 heterocycles. The topological polar surface area (TPSA) is 195 Å². The summed E-state index contributed by atoms with van der Waals surface area (Å²) in [5, 5.41) is 0. The van der Waals surface area contributed by atoms with Gasteiger partial charge in [-0.3, -0.25) is 0 Å². The molecule has 4 rings (SSSR count). The van der Waals surface area contributed by atoms with Crippen LogP contribution in [0.25, 0.3) is 0 Å². The summed E-state index contributed by atoms with van der Waals surface area (Å²) in [7, 11) is -25.0. The van der Waals surface area contributed by atoms with Crippen molar-refractivity contribution in [2.24, 2.45) is 0 Å². The van der Waals surface area contributed by atoms with Crippen LogP contribution in [0.5, 0.6) is 0 Å². The van der Waals surface area contributed by atoms with Crippen LogP contribution in [0.1, 0.15) is 0 Å². The zero-order valence-electron chi connectivity index (χ0n) is 21.1. The first-order valence-corrected chi connectivity index (χ1v) is 18.8. The molecular weight excluding hydrogens is 675 g/mol. The van der Waals surface area contributed by atoms with Gasteiger partial charge in [0.2, 0.25) is 9.84 Å². The number of sulfonamides is 4. The number of benzene rings is 4. The average molecular weight is 693 g/mol. The Bertz CT molecular complexity index is 2110. The van der Waals surface area contributed by atoms with E-state index in [1.807, 2.05) is 0 Å². The zero-order chi connectivity index (χ0) is 31.8. The van der Waals surface area contributed by atoms with Crippen LogP contribution in [-0.2, 0) is 49.9 Å². The molecule has 0 atom stereocenters. The maximum absolute atomic E-state index is 14.6. The van der Waals surface area contributed by atoms with Crippen molar-refractivity contribution in [1.29, 1.82) is 0 Å². The van der Waals surface area contributed by atoms with Crippen LogP contribution in [0.15, 0.2) is 126 Å². The largest absolute Gasteiger partial charge is 0.256 e.